The maximum absolute atomic E-state index is 11.6. The number of nitrogens with one attached hydrogen (secondary N) is 1. The van der Waals surface area contributed by atoms with Crippen LogP contribution < -0.4 is 5.32 Å². The second kappa shape index (κ2) is 6.15. The molecule has 1 aromatic heterocycles. The van der Waals surface area contributed by atoms with E-state index in [9.17, 15) is 4.79 Å². The normalized spacial score (nSPS) is 12.5. The summed E-state index contributed by atoms with van der Waals surface area (Å²) in [5.41, 5.74) is 0. The molecule has 1 rings (SSSR count). The monoisotopic (exact) mass is 245 g/mol. The Bertz CT molecular complexity index is 325. The summed E-state index contributed by atoms with van der Waals surface area (Å²) in [6.45, 7) is 5.07. The predicted molar refractivity (Wildman–Crippen MR) is 65.0 cm³/mol. The molecule has 0 aliphatic carbocycles. The molecule has 1 N–H and O–H groups in total. The summed E-state index contributed by atoms with van der Waals surface area (Å²) in [4.78, 5) is 13.1. The van der Waals surface area contributed by atoms with E-state index in [4.69, 9.17) is 4.74 Å². The first-order chi connectivity index (χ1) is 7.13. The van der Waals surface area contributed by atoms with Crippen molar-refractivity contribution in [3.63, 3.8) is 0 Å². The fourth-order valence-corrected chi connectivity index (χ4v) is 2.18. The molecule has 1 aromatic rings. The largest absolute Gasteiger partial charge is 0.377 e. The van der Waals surface area contributed by atoms with Gasteiger partial charge in [-0.2, -0.15) is 0 Å². The molecule has 0 aromatic carbocycles. The zero-order valence-corrected chi connectivity index (χ0v) is 10.5. The molecule has 0 aliphatic rings. The molecule has 0 saturated heterocycles. The topological polar surface area (TPSA) is 38.3 Å². The standard InChI is InChI=1S/C10H15NO2S2/c1-3-13-7(2)5-11-10(12)9-4-8(14)6-15-9/h4,6-7,14H,3,5H2,1-2H3,(H,11,12). The van der Waals surface area contributed by atoms with Crippen LogP contribution in [-0.2, 0) is 4.74 Å². The lowest BCUT2D eigenvalue weighted by atomic mass is 10.3. The highest BCUT2D eigenvalue weighted by Gasteiger charge is 2.09. The van der Waals surface area contributed by atoms with Crippen LogP contribution in [0.2, 0.25) is 0 Å². The SMILES string of the molecule is CCOC(C)CNC(=O)c1cc(S)cs1. The second-order valence-corrected chi connectivity index (χ2v) is 4.57. The molecule has 84 valence electrons. The van der Waals surface area contributed by atoms with E-state index in [0.717, 1.165) is 4.90 Å². The zero-order chi connectivity index (χ0) is 11.3. The van der Waals surface area contributed by atoms with Crippen molar-refractivity contribution in [2.75, 3.05) is 13.2 Å². The Hall–Kier alpha value is -0.520. The van der Waals surface area contributed by atoms with E-state index >= 15 is 0 Å². The lowest BCUT2D eigenvalue weighted by Crippen LogP contribution is -2.31. The highest BCUT2D eigenvalue weighted by Crippen LogP contribution is 2.17. The molecule has 0 saturated carbocycles. The smallest absolute Gasteiger partial charge is 0.261 e. The minimum atomic E-state index is -0.0631. The van der Waals surface area contributed by atoms with Crippen LogP contribution in [0.15, 0.2) is 16.3 Å². The van der Waals surface area contributed by atoms with Gasteiger partial charge >= 0.3 is 0 Å². The van der Waals surface area contributed by atoms with Crippen molar-refractivity contribution in [3.05, 3.63) is 16.3 Å². The Morgan fingerprint density at radius 3 is 3.00 bits per heavy atom. The van der Waals surface area contributed by atoms with E-state index in [2.05, 4.69) is 17.9 Å². The second-order valence-electron chi connectivity index (χ2n) is 3.15. The molecule has 0 bridgehead atoms. The van der Waals surface area contributed by atoms with Gasteiger partial charge in [-0.3, -0.25) is 4.79 Å². The number of carbonyl (C=O) groups is 1. The van der Waals surface area contributed by atoms with Crippen LogP contribution in [0.1, 0.15) is 23.5 Å². The summed E-state index contributed by atoms with van der Waals surface area (Å²) >= 11 is 5.54. The van der Waals surface area contributed by atoms with Gasteiger partial charge in [0.2, 0.25) is 0 Å². The summed E-state index contributed by atoms with van der Waals surface area (Å²) in [6.07, 6.45) is 0.0504. The highest BCUT2D eigenvalue weighted by atomic mass is 32.1. The van der Waals surface area contributed by atoms with E-state index < -0.39 is 0 Å². The number of hydrogen-bond acceptors (Lipinski definition) is 4. The van der Waals surface area contributed by atoms with Crippen LogP contribution in [0.5, 0.6) is 0 Å². The van der Waals surface area contributed by atoms with E-state index in [1.807, 2.05) is 19.2 Å². The van der Waals surface area contributed by atoms with Gasteiger partial charge in [-0.05, 0) is 19.9 Å². The van der Waals surface area contributed by atoms with Gasteiger partial charge in [-0.1, -0.05) is 0 Å². The predicted octanol–water partition coefficient (Wildman–Crippen LogP) is 2.19. The number of amides is 1. The van der Waals surface area contributed by atoms with Crippen LogP contribution in [-0.4, -0.2) is 25.2 Å². The molecule has 3 nitrogen and oxygen atoms in total. The molecule has 0 fully saturated rings. The zero-order valence-electron chi connectivity index (χ0n) is 8.82. The minimum Gasteiger partial charge on any atom is -0.377 e. The number of rotatable bonds is 5. The minimum absolute atomic E-state index is 0.0504. The van der Waals surface area contributed by atoms with Gasteiger partial charge in [0.1, 0.15) is 0 Å². The summed E-state index contributed by atoms with van der Waals surface area (Å²) in [7, 11) is 0. The number of carbonyl (C=O) groups excluding carboxylic acids is 1. The van der Waals surface area contributed by atoms with Gasteiger partial charge in [0.05, 0.1) is 11.0 Å². The Balaban J connectivity index is 2.36. The van der Waals surface area contributed by atoms with Gasteiger partial charge < -0.3 is 10.1 Å². The van der Waals surface area contributed by atoms with Gasteiger partial charge in [0, 0.05) is 23.4 Å². The van der Waals surface area contributed by atoms with Crippen molar-refractivity contribution in [2.45, 2.75) is 24.8 Å². The molecule has 0 spiro atoms. The van der Waals surface area contributed by atoms with E-state index in [0.29, 0.717) is 18.0 Å². The van der Waals surface area contributed by atoms with Gasteiger partial charge in [-0.25, -0.2) is 0 Å². The Kier molecular flexibility index (Phi) is 5.14. The first-order valence-electron chi connectivity index (χ1n) is 4.80. The lowest BCUT2D eigenvalue weighted by molar-refractivity contribution is 0.0696. The Labute approximate surface area is 99.2 Å². The summed E-state index contributed by atoms with van der Waals surface area (Å²) in [5, 5.41) is 4.65. The van der Waals surface area contributed by atoms with Gasteiger partial charge in [0.25, 0.3) is 5.91 Å². The first-order valence-corrected chi connectivity index (χ1v) is 6.13. The van der Waals surface area contributed by atoms with E-state index in [-0.39, 0.29) is 12.0 Å². The van der Waals surface area contributed by atoms with Gasteiger partial charge in [-0.15, -0.1) is 24.0 Å². The third-order valence-corrected chi connectivity index (χ3v) is 3.17. The number of hydrogen-bond donors (Lipinski definition) is 2. The van der Waals surface area contributed by atoms with Crippen molar-refractivity contribution >= 4 is 29.9 Å². The number of ether oxygens (including phenoxy) is 1. The maximum atomic E-state index is 11.6. The van der Waals surface area contributed by atoms with Crippen LogP contribution in [0.25, 0.3) is 0 Å². The molecule has 1 unspecified atom stereocenters. The van der Waals surface area contributed by atoms with Crippen molar-refractivity contribution in [2.24, 2.45) is 0 Å². The molecule has 0 radical (unpaired) electrons. The average Bonchev–Trinajstić information content (AvgIpc) is 2.62. The van der Waals surface area contributed by atoms with Crippen LogP contribution in [0, 0.1) is 0 Å². The molecule has 5 heteroatoms. The third kappa shape index (κ3) is 4.24. The van der Waals surface area contributed by atoms with Crippen LogP contribution in [0.4, 0.5) is 0 Å². The van der Waals surface area contributed by atoms with Crippen LogP contribution in [0.3, 0.4) is 0 Å². The van der Waals surface area contributed by atoms with Crippen molar-refractivity contribution < 1.29 is 9.53 Å². The number of thiol groups is 1. The van der Waals surface area contributed by atoms with E-state index in [1.54, 1.807) is 6.07 Å². The average molecular weight is 245 g/mol. The highest BCUT2D eigenvalue weighted by molar-refractivity contribution is 7.80. The first kappa shape index (κ1) is 12.5. The molecule has 1 heterocycles. The Morgan fingerprint density at radius 1 is 1.73 bits per heavy atom. The summed E-state index contributed by atoms with van der Waals surface area (Å²) in [5.74, 6) is -0.0631. The van der Waals surface area contributed by atoms with E-state index in [1.165, 1.54) is 11.3 Å². The molecule has 0 aliphatic heterocycles. The lowest BCUT2D eigenvalue weighted by Gasteiger charge is -2.11. The quantitative estimate of drug-likeness (QED) is 0.780. The number of thiophene rings is 1. The Morgan fingerprint density at radius 2 is 2.47 bits per heavy atom. The molecule has 15 heavy (non-hydrogen) atoms. The molecular weight excluding hydrogens is 230 g/mol. The summed E-state index contributed by atoms with van der Waals surface area (Å²) < 4.78 is 5.31. The molecular formula is C10H15NO2S2. The van der Waals surface area contributed by atoms with Gasteiger partial charge in [0.15, 0.2) is 0 Å². The van der Waals surface area contributed by atoms with Crippen LogP contribution >= 0.6 is 24.0 Å². The fourth-order valence-electron chi connectivity index (χ4n) is 1.11. The fraction of sp³-hybridized carbons (Fsp3) is 0.500. The van der Waals surface area contributed by atoms with Crippen molar-refractivity contribution in [1.29, 1.82) is 0 Å². The summed E-state index contributed by atoms with van der Waals surface area (Å²) in [6, 6.07) is 1.76. The molecule has 1 amide bonds. The van der Waals surface area contributed by atoms with Crippen molar-refractivity contribution in [3.8, 4) is 0 Å². The van der Waals surface area contributed by atoms with Crippen molar-refractivity contribution in [1.82, 2.24) is 5.32 Å². The third-order valence-electron chi connectivity index (χ3n) is 1.81. The molecule has 1 atom stereocenters. The maximum Gasteiger partial charge on any atom is 0.261 e.